The Morgan fingerprint density at radius 1 is 1.26 bits per heavy atom. The lowest BCUT2D eigenvalue weighted by Crippen LogP contribution is -2.35. The van der Waals surface area contributed by atoms with Crippen molar-refractivity contribution in [2.45, 2.75) is 53.0 Å². The normalized spacial score (nSPS) is 25.9. The van der Waals surface area contributed by atoms with Crippen molar-refractivity contribution in [3.63, 3.8) is 0 Å². The Balaban J connectivity index is 2.08. The number of hydrogen-bond donors (Lipinski definition) is 1. The fourth-order valence-corrected chi connectivity index (χ4v) is 3.54. The van der Waals surface area contributed by atoms with Gasteiger partial charge in [-0.2, -0.15) is 0 Å². The van der Waals surface area contributed by atoms with E-state index in [1.807, 2.05) is 19.1 Å². The van der Waals surface area contributed by atoms with Crippen molar-refractivity contribution in [2.75, 3.05) is 11.9 Å². The van der Waals surface area contributed by atoms with E-state index in [9.17, 15) is 0 Å². The molecule has 0 radical (unpaired) electrons. The molecule has 1 N–H and O–H groups in total. The van der Waals surface area contributed by atoms with Gasteiger partial charge in [-0.25, -0.2) is 0 Å². The van der Waals surface area contributed by atoms with Gasteiger partial charge in [0, 0.05) is 6.04 Å². The minimum absolute atomic E-state index is 0.440. The third kappa shape index (κ3) is 3.89. The first-order chi connectivity index (χ1) is 9.00. The smallest absolute Gasteiger partial charge is 0.142 e. The lowest BCUT2D eigenvalue weighted by molar-refractivity contribution is 0.177. The largest absolute Gasteiger partial charge is 0.492 e. The van der Waals surface area contributed by atoms with Crippen molar-refractivity contribution < 1.29 is 4.74 Å². The van der Waals surface area contributed by atoms with E-state index < -0.39 is 0 Å². The lowest BCUT2D eigenvalue weighted by Gasteiger charge is -2.39. The SMILES string of the molecule is CCOc1ccccc1NC1CC(C)CC(C)(C)C1. The molecule has 1 aromatic rings. The van der Waals surface area contributed by atoms with E-state index in [1.54, 1.807) is 0 Å². The van der Waals surface area contributed by atoms with Crippen molar-refractivity contribution in [3.05, 3.63) is 24.3 Å². The van der Waals surface area contributed by atoms with Gasteiger partial charge >= 0.3 is 0 Å². The van der Waals surface area contributed by atoms with E-state index in [2.05, 4.69) is 38.2 Å². The van der Waals surface area contributed by atoms with Crippen molar-refractivity contribution in [3.8, 4) is 5.75 Å². The summed E-state index contributed by atoms with van der Waals surface area (Å²) in [6.07, 6.45) is 3.82. The van der Waals surface area contributed by atoms with Crippen LogP contribution < -0.4 is 10.1 Å². The molecule has 2 nitrogen and oxygen atoms in total. The van der Waals surface area contributed by atoms with Crippen LogP contribution in [-0.4, -0.2) is 12.6 Å². The minimum Gasteiger partial charge on any atom is -0.492 e. The highest BCUT2D eigenvalue weighted by Crippen LogP contribution is 2.40. The molecule has 0 heterocycles. The second kappa shape index (κ2) is 5.85. The van der Waals surface area contributed by atoms with Gasteiger partial charge in [0.2, 0.25) is 0 Å². The zero-order chi connectivity index (χ0) is 13.9. The van der Waals surface area contributed by atoms with Gasteiger partial charge in [0.15, 0.2) is 0 Å². The Morgan fingerprint density at radius 2 is 2.00 bits per heavy atom. The molecule has 2 rings (SSSR count). The average Bonchev–Trinajstić information content (AvgIpc) is 2.29. The van der Waals surface area contributed by atoms with Crippen molar-refractivity contribution in [1.29, 1.82) is 0 Å². The molecule has 0 saturated heterocycles. The summed E-state index contributed by atoms with van der Waals surface area (Å²) in [4.78, 5) is 0. The Labute approximate surface area is 117 Å². The molecule has 0 aliphatic heterocycles. The molecule has 0 aromatic heterocycles. The number of rotatable bonds is 4. The molecule has 1 aliphatic carbocycles. The van der Waals surface area contributed by atoms with E-state index in [0.29, 0.717) is 18.1 Å². The summed E-state index contributed by atoms with van der Waals surface area (Å²) < 4.78 is 5.69. The first-order valence-electron chi connectivity index (χ1n) is 7.48. The van der Waals surface area contributed by atoms with Crippen LogP contribution in [-0.2, 0) is 0 Å². The van der Waals surface area contributed by atoms with Gasteiger partial charge in [-0.15, -0.1) is 0 Å². The van der Waals surface area contributed by atoms with Crippen LogP contribution in [0.2, 0.25) is 0 Å². The van der Waals surface area contributed by atoms with Gasteiger partial charge < -0.3 is 10.1 Å². The number of anilines is 1. The summed E-state index contributed by atoms with van der Waals surface area (Å²) in [7, 11) is 0. The summed E-state index contributed by atoms with van der Waals surface area (Å²) in [5, 5.41) is 3.70. The molecule has 2 unspecified atom stereocenters. The van der Waals surface area contributed by atoms with Crippen LogP contribution in [0.5, 0.6) is 5.75 Å². The van der Waals surface area contributed by atoms with Crippen molar-refractivity contribution >= 4 is 5.69 Å². The quantitative estimate of drug-likeness (QED) is 0.847. The van der Waals surface area contributed by atoms with Crippen LogP contribution in [0.1, 0.15) is 47.0 Å². The fourth-order valence-electron chi connectivity index (χ4n) is 3.54. The molecule has 0 bridgehead atoms. The monoisotopic (exact) mass is 261 g/mol. The Kier molecular flexibility index (Phi) is 4.38. The van der Waals surface area contributed by atoms with Crippen LogP contribution in [0.4, 0.5) is 5.69 Å². The maximum atomic E-state index is 5.69. The molecule has 1 aromatic carbocycles. The van der Waals surface area contributed by atoms with E-state index >= 15 is 0 Å². The van der Waals surface area contributed by atoms with Gasteiger partial charge in [-0.05, 0) is 49.7 Å². The zero-order valence-corrected chi connectivity index (χ0v) is 12.7. The first kappa shape index (κ1) is 14.2. The Bertz CT molecular complexity index is 413. The van der Waals surface area contributed by atoms with Gasteiger partial charge in [-0.1, -0.05) is 32.9 Å². The van der Waals surface area contributed by atoms with Crippen molar-refractivity contribution in [1.82, 2.24) is 0 Å². The van der Waals surface area contributed by atoms with E-state index in [1.165, 1.54) is 19.3 Å². The molecule has 0 amide bonds. The predicted molar refractivity (Wildman–Crippen MR) is 81.8 cm³/mol. The highest BCUT2D eigenvalue weighted by atomic mass is 16.5. The van der Waals surface area contributed by atoms with Crippen molar-refractivity contribution in [2.24, 2.45) is 11.3 Å². The second-order valence-electron chi connectivity index (χ2n) is 6.68. The maximum Gasteiger partial charge on any atom is 0.142 e. The molecule has 2 heteroatoms. The van der Waals surface area contributed by atoms with E-state index in [0.717, 1.165) is 17.4 Å². The van der Waals surface area contributed by atoms with Gasteiger partial charge in [0.05, 0.1) is 12.3 Å². The Hall–Kier alpha value is -1.18. The van der Waals surface area contributed by atoms with Gasteiger partial charge in [-0.3, -0.25) is 0 Å². The minimum atomic E-state index is 0.440. The summed E-state index contributed by atoms with van der Waals surface area (Å²) in [6, 6.07) is 8.83. The molecule has 1 saturated carbocycles. The number of hydrogen-bond acceptors (Lipinski definition) is 2. The lowest BCUT2D eigenvalue weighted by atomic mass is 9.70. The molecular weight excluding hydrogens is 234 g/mol. The van der Waals surface area contributed by atoms with Crippen LogP contribution in [0.25, 0.3) is 0 Å². The fraction of sp³-hybridized carbons (Fsp3) is 0.647. The summed E-state index contributed by atoms with van der Waals surface area (Å²) in [5.41, 5.74) is 1.58. The third-order valence-electron chi connectivity index (χ3n) is 3.93. The molecule has 0 spiro atoms. The first-order valence-corrected chi connectivity index (χ1v) is 7.48. The number of benzene rings is 1. The average molecular weight is 261 g/mol. The maximum absolute atomic E-state index is 5.69. The zero-order valence-electron chi connectivity index (χ0n) is 12.7. The van der Waals surface area contributed by atoms with Crippen LogP contribution in [0.15, 0.2) is 24.3 Å². The summed E-state index contributed by atoms with van der Waals surface area (Å²) >= 11 is 0. The van der Waals surface area contributed by atoms with E-state index in [4.69, 9.17) is 4.74 Å². The predicted octanol–water partition coefficient (Wildman–Crippen LogP) is 4.71. The summed E-state index contributed by atoms with van der Waals surface area (Å²) in [5.74, 6) is 1.77. The van der Waals surface area contributed by atoms with Gasteiger partial charge in [0.1, 0.15) is 5.75 Å². The third-order valence-corrected chi connectivity index (χ3v) is 3.93. The number of para-hydroxylation sites is 2. The summed E-state index contributed by atoms with van der Waals surface area (Å²) in [6.45, 7) is 9.87. The highest BCUT2D eigenvalue weighted by Gasteiger charge is 2.32. The standard InChI is InChI=1S/C17H27NO/c1-5-19-16-9-7-6-8-15(16)18-14-10-13(2)11-17(3,4)12-14/h6-9,13-14,18H,5,10-12H2,1-4H3. The second-order valence-corrected chi connectivity index (χ2v) is 6.68. The van der Waals surface area contributed by atoms with Crippen LogP contribution in [0, 0.1) is 11.3 Å². The highest BCUT2D eigenvalue weighted by molar-refractivity contribution is 5.56. The molecule has 2 atom stereocenters. The molecule has 1 aliphatic rings. The molecule has 1 fully saturated rings. The Morgan fingerprint density at radius 3 is 2.68 bits per heavy atom. The molecular formula is C17H27NO. The van der Waals surface area contributed by atoms with Crippen LogP contribution >= 0.6 is 0 Å². The molecule has 19 heavy (non-hydrogen) atoms. The molecule has 106 valence electrons. The van der Waals surface area contributed by atoms with E-state index in [-0.39, 0.29) is 0 Å². The topological polar surface area (TPSA) is 21.3 Å². The van der Waals surface area contributed by atoms with Gasteiger partial charge in [0.25, 0.3) is 0 Å². The number of nitrogens with one attached hydrogen (secondary N) is 1. The van der Waals surface area contributed by atoms with Crippen LogP contribution in [0.3, 0.4) is 0 Å². The number of ether oxygens (including phenoxy) is 1.